The molecule has 2 unspecified atom stereocenters. The molecule has 3 N–H and O–H groups in total. The van der Waals surface area contributed by atoms with Crippen LogP contribution in [-0.4, -0.2) is 24.9 Å². The Labute approximate surface area is 163 Å². The van der Waals surface area contributed by atoms with Gasteiger partial charge in [0.2, 0.25) is 11.8 Å². The van der Waals surface area contributed by atoms with E-state index in [9.17, 15) is 14.0 Å². The molecule has 2 saturated heterocycles. The van der Waals surface area contributed by atoms with Crippen molar-refractivity contribution in [2.75, 3.05) is 18.0 Å². The first-order valence-electron chi connectivity index (χ1n) is 9.53. The van der Waals surface area contributed by atoms with Gasteiger partial charge in [-0.05, 0) is 41.8 Å². The lowest BCUT2D eigenvalue weighted by Crippen LogP contribution is -2.34. The number of amides is 2. The molecule has 6 nitrogen and oxygen atoms in total. The number of nitrogens with zero attached hydrogens (tertiary/aromatic N) is 1. The Morgan fingerprint density at radius 1 is 1.21 bits per heavy atom. The van der Waals surface area contributed by atoms with Gasteiger partial charge in [0.1, 0.15) is 5.82 Å². The van der Waals surface area contributed by atoms with Crippen LogP contribution in [-0.2, 0) is 16.1 Å². The van der Waals surface area contributed by atoms with Gasteiger partial charge in [0.15, 0.2) is 0 Å². The Balaban J connectivity index is 1.40. The SMILES string of the molecule is O=C(NCc1cccc(N2CCCC2=O)c1)C1CNNC1c1ccc(F)cc1. The van der Waals surface area contributed by atoms with Crippen molar-refractivity contribution in [1.29, 1.82) is 0 Å². The lowest BCUT2D eigenvalue weighted by Gasteiger charge is -2.19. The van der Waals surface area contributed by atoms with Crippen molar-refractivity contribution in [2.24, 2.45) is 5.92 Å². The van der Waals surface area contributed by atoms with Crippen LogP contribution in [0.4, 0.5) is 10.1 Å². The van der Waals surface area contributed by atoms with Gasteiger partial charge in [0, 0.05) is 31.7 Å². The van der Waals surface area contributed by atoms with E-state index in [0.717, 1.165) is 29.8 Å². The fourth-order valence-electron chi connectivity index (χ4n) is 3.80. The minimum atomic E-state index is -0.299. The van der Waals surface area contributed by atoms with Gasteiger partial charge in [-0.1, -0.05) is 24.3 Å². The monoisotopic (exact) mass is 382 g/mol. The van der Waals surface area contributed by atoms with E-state index in [0.29, 0.717) is 19.5 Å². The van der Waals surface area contributed by atoms with Crippen molar-refractivity contribution in [3.63, 3.8) is 0 Å². The molecule has 2 aliphatic rings. The highest BCUT2D eigenvalue weighted by Gasteiger charge is 2.33. The fraction of sp³-hybridized carbons (Fsp3) is 0.333. The van der Waals surface area contributed by atoms with E-state index in [2.05, 4.69) is 16.2 Å². The molecule has 2 amide bonds. The van der Waals surface area contributed by atoms with Gasteiger partial charge in [-0.2, -0.15) is 0 Å². The van der Waals surface area contributed by atoms with Crippen LogP contribution in [0.5, 0.6) is 0 Å². The molecule has 2 atom stereocenters. The number of nitrogens with one attached hydrogen (secondary N) is 3. The van der Waals surface area contributed by atoms with Crippen LogP contribution in [0.15, 0.2) is 48.5 Å². The molecule has 146 valence electrons. The van der Waals surface area contributed by atoms with Crippen LogP contribution >= 0.6 is 0 Å². The standard InChI is InChI=1S/C21H23FN4O2/c22-16-8-6-15(7-9-16)20-18(13-24-25-20)21(28)23-12-14-3-1-4-17(11-14)26-10-2-5-19(26)27/h1,3-4,6-9,11,18,20,24-25H,2,5,10,12-13H2,(H,23,28). The highest BCUT2D eigenvalue weighted by Crippen LogP contribution is 2.26. The molecule has 0 bridgehead atoms. The third-order valence-electron chi connectivity index (χ3n) is 5.31. The van der Waals surface area contributed by atoms with Crippen molar-refractivity contribution in [2.45, 2.75) is 25.4 Å². The van der Waals surface area contributed by atoms with Crippen molar-refractivity contribution in [1.82, 2.24) is 16.2 Å². The Morgan fingerprint density at radius 2 is 2.04 bits per heavy atom. The predicted molar refractivity (Wildman–Crippen MR) is 104 cm³/mol. The number of benzene rings is 2. The van der Waals surface area contributed by atoms with Gasteiger partial charge in [-0.25, -0.2) is 9.82 Å². The molecule has 0 aliphatic carbocycles. The summed E-state index contributed by atoms with van der Waals surface area (Å²) in [6.07, 6.45) is 1.47. The maximum absolute atomic E-state index is 13.2. The maximum atomic E-state index is 13.2. The number of hydrogen-bond donors (Lipinski definition) is 3. The summed E-state index contributed by atoms with van der Waals surface area (Å²) < 4.78 is 13.2. The van der Waals surface area contributed by atoms with Crippen molar-refractivity contribution in [3.8, 4) is 0 Å². The number of carbonyl (C=O) groups excluding carboxylic acids is 2. The summed E-state index contributed by atoms with van der Waals surface area (Å²) in [7, 11) is 0. The number of halogens is 1. The summed E-state index contributed by atoms with van der Waals surface area (Å²) in [4.78, 5) is 26.5. The summed E-state index contributed by atoms with van der Waals surface area (Å²) in [5.74, 6) is -0.526. The van der Waals surface area contributed by atoms with Crippen molar-refractivity contribution < 1.29 is 14.0 Å². The minimum absolute atomic E-state index is 0.0746. The molecule has 2 aromatic carbocycles. The van der Waals surface area contributed by atoms with Gasteiger partial charge < -0.3 is 10.2 Å². The molecule has 0 spiro atoms. The fourth-order valence-corrected chi connectivity index (χ4v) is 3.80. The van der Waals surface area contributed by atoms with E-state index >= 15 is 0 Å². The molecule has 28 heavy (non-hydrogen) atoms. The third-order valence-corrected chi connectivity index (χ3v) is 5.31. The first-order chi connectivity index (χ1) is 13.6. The molecule has 0 aromatic heterocycles. The zero-order valence-corrected chi connectivity index (χ0v) is 15.5. The van der Waals surface area contributed by atoms with Crippen LogP contribution in [0.1, 0.15) is 30.0 Å². The lowest BCUT2D eigenvalue weighted by molar-refractivity contribution is -0.125. The zero-order valence-electron chi connectivity index (χ0n) is 15.5. The predicted octanol–water partition coefficient (Wildman–Crippen LogP) is 2.03. The molecule has 7 heteroatoms. The Kier molecular flexibility index (Phi) is 5.36. The molecule has 4 rings (SSSR count). The van der Waals surface area contributed by atoms with Crippen LogP contribution < -0.4 is 21.1 Å². The minimum Gasteiger partial charge on any atom is -0.352 e. The van der Waals surface area contributed by atoms with Gasteiger partial charge in [-0.15, -0.1) is 0 Å². The number of carbonyl (C=O) groups is 2. The Morgan fingerprint density at radius 3 is 2.79 bits per heavy atom. The van der Waals surface area contributed by atoms with E-state index < -0.39 is 0 Å². The average Bonchev–Trinajstić information content (AvgIpc) is 3.36. The van der Waals surface area contributed by atoms with E-state index in [1.807, 2.05) is 24.3 Å². The lowest BCUT2D eigenvalue weighted by atomic mass is 9.94. The normalized spacial score (nSPS) is 21.9. The second kappa shape index (κ2) is 8.08. The van der Waals surface area contributed by atoms with E-state index in [1.54, 1.807) is 17.0 Å². The van der Waals surface area contributed by atoms with Gasteiger partial charge in [0.05, 0.1) is 12.0 Å². The second-order valence-corrected chi connectivity index (χ2v) is 7.20. The molecule has 2 fully saturated rings. The highest BCUT2D eigenvalue weighted by atomic mass is 19.1. The maximum Gasteiger partial charge on any atom is 0.227 e. The topological polar surface area (TPSA) is 73.5 Å². The number of rotatable bonds is 5. The summed E-state index contributed by atoms with van der Waals surface area (Å²) in [6.45, 7) is 1.63. The number of anilines is 1. The van der Waals surface area contributed by atoms with Crippen LogP contribution in [0.3, 0.4) is 0 Å². The highest BCUT2D eigenvalue weighted by molar-refractivity contribution is 5.95. The van der Waals surface area contributed by atoms with Gasteiger partial charge in [0.25, 0.3) is 0 Å². The number of hydrazine groups is 1. The van der Waals surface area contributed by atoms with Crippen LogP contribution in [0.25, 0.3) is 0 Å². The van der Waals surface area contributed by atoms with Gasteiger partial charge in [-0.3, -0.25) is 15.0 Å². The van der Waals surface area contributed by atoms with Crippen LogP contribution in [0.2, 0.25) is 0 Å². The summed E-state index contributed by atoms with van der Waals surface area (Å²) in [5, 5.41) is 2.98. The second-order valence-electron chi connectivity index (χ2n) is 7.20. The molecule has 0 radical (unpaired) electrons. The molecule has 2 heterocycles. The number of hydrogen-bond acceptors (Lipinski definition) is 4. The molecular formula is C21H23FN4O2. The quantitative estimate of drug-likeness (QED) is 0.740. The van der Waals surface area contributed by atoms with Crippen LogP contribution in [0, 0.1) is 11.7 Å². The van der Waals surface area contributed by atoms with E-state index in [-0.39, 0.29) is 29.6 Å². The van der Waals surface area contributed by atoms with Crippen molar-refractivity contribution >= 4 is 17.5 Å². The molecule has 2 aromatic rings. The van der Waals surface area contributed by atoms with E-state index in [1.165, 1.54) is 12.1 Å². The summed E-state index contributed by atoms with van der Waals surface area (Å²) in [5.41, 5.74) is 8.80. The molecule has 2 aliphatic heterocycles. The van der Waals surface area contributed by atoms with Crippen molar-refractivity contribution in [3.05, 3.63) is 65.5 Å². The summed E-state index contributed by atoms with van der Waals surface area (Å²) >= 11 is 0. The Hall–Kier alpha value is -2.77. The molecular weight excluding hydrogens is 359 g/mol. The summed E-state index contributed by atoms with van der Waals surface area (Å²) in [6, 6.07) is 13.7. The first-order valence-corrected chi connectivity index (χ1v) is 9.53. The third kappa shape index (κ3) is 3.90. The Bertz CT molecular complexity index is 871. The van der Waals surface area contributed by atoms with Gasteiger partial charge >= 0.3 is 0 Å². The smallest absolute Gasteiger partial charge is 0.227 e. The molecule has 0 saturated carbocycles. The van der Waals surface area contributed by atoms with E-state index in [4.69, 9.17) is 0 Å². The largest absolute Gasteiger partial charge is 0.352 e. The average molecular weight is 382 g/mol. The first kappa shape index (κ1) is 18.6. The zero-order chi connectivity index (χ0) is 19.5.